The standard InChI is InChI=1S/C26H28N6O/c1-3-19-11-7-8-18(2)24(19)30-25(33)21-12-14-31(15-13-21)23-16-22(20-9-5-4-6-10-20)29-26-27-17-28-32(23)26/h4-11,16-17,21H,3,12-15H2,1-2H3,(H,30,33). The fourth-order valence-corrected chi connectivity index (χ4v) is 4.58. The molecule has 0 unspecified atom stereocenters. The van der Waals surface area contributed by atoms with E-state index in [-0.39, 0.29) is 11.8 Å². The molecular formula is C26H28N6O. The molecule has 0 spiro atoms. The molecule has 1 aliphatic rings. The van der Waals surface area contributed by atoms with Crippen molar-refractivity contribution >= 4 is 23.2 Å². The summed E-state index contributed by atoms with van der Waals surface area (Å²) in [6.07, 6.45) is 4.01. The molecule has 1 fully saturated rings. The zero-order valence-electron chi connectivity index (χ0n) is 19.0. The van der Waals surface area contributed by atoms with Crippen LogP contribution in [0.4, 0.5) is 11.5 Å². The lowest BCUT2D eigenvalue weighted by Crippen LogP contribution is -2.39. The van der Waals surface area contributed by atoms with E-state index in [0.717, 1.165) is 60.7 Å². The first kappa shape index (κ1) is 21.1. The Balaban J connectivity index is 1.33. The summed E-state index contributed by atoms with van der Waals surface area (Å²) >= 11 is 0. The molecule has 1 N–H and O–H groups in total. The molecule has 4 aromatic rings. The highest BCUT2D eigenvalue weighted by Gasteiger charge is 2.27. The highest BCUT2D eigenvalue weighted by Crippen LogP contribution is 2.29. The van der Waals surface area contributed by atoms with Crippen LogP contribution in [0.5, 0.6) is 0 Å². The number of benzene rings is 2. The lowest BCUT2D eigenvalue weighted by atomic mass is 9.95. The van der Waals surface area contributed by atoms with Crippen molar-refractivity contribution in [3.8, 4) is 11.3 Å². The number of aromatic nitrogens is 4. The van der Waals surface area contributed by atoms with E-state index in [1.165, 1.54) is 11.9 Å². The number of fused-ring (bicyclic) bond motifs is 1. The van der Waals surface area contributed by atoms with Gasteiger partial charge in [-0.3, -0.25) is 4.79 Å². The monoisotopic (exact) mass is 440 g/mol. The number of nitrogens with zero attached hydrogens (tertiary/aromatic N) is 5. The summed E-state index contributed by atoms with van der Waals surface area (Å²) in [6, 6.07) is 18.4. The van der Waals surface area contributed by atoms with Crippen molar-refractivity contribution in [1.29, 1.82) is 0 Å². The first-order valence-electron chi connectivity index (χ1n) is 11.5. The van der Waals surface area contributed by atoms with Gasteiger partial charge in [-0.1, -0.05) is 55.5 Å². The summed E-state index contributed by atoms with van der Waals surface area (Å²) < 4.78 is 1.79. The van der Waals surface area contributed by atoms with Crippen molar-refractivity contribution in [3.05, 3.63) is 72.1 Å². The number of piperidine rings is 1. The predicted molar refractivity (Wildman–Crippen MR) is 130 cm³/mol. The van der Waals surface area contributed by atoms with E-state index in [4.69, 9.17) is 0 Å². The number of rotatable bonds is 5. The van der Waals surface area contributed by atoms with E-state index in [1.54, 1.807) is 4.52 Å². The molecule has 2 aromatic heterocycles. The molecule has 1 saturated heterocycles. The summed E-state index contributed by atoms with van der Waals surface area (Å²) in [5.41, 5.74) is 5.18. The molecule has 1 aliphatic heterocycles. The second-order valence-corrected chi connectivity index (χ2v) is 8.55. The van der Waals surface area contributed by atoms with Crippen LogP contribution >= 0.6 is 0 Å². The van der Waals surface area contributed by atoms with Gasteiger partial charge in [0.1, 0.15) is 12.1 Å². The van der Waals surface area contributed by atoms with Crippen LogP contribution in [0.1, 0.15) is 30.9 Å². The highest BCUT2D eigenvalue weighted by atomic mass is 16.1. The Bertz CT molecular complexity index is 1270. The number of aryl methyl sites for hydroxylation is 2. The SMILES string of the molecule is CCc1cccc(C)c1NC(=O)C1CCN(c2cc(-c3ccccc3)nc3ncnn23)CC1. The second kappa shape index (κ2) is 9.02. The van der Waals surface area contributed by atoms with Crippen molar-refractivity contribution in [2.45, 2.75) is 33.1 Å². The summed E-state index contributed by atoms with van der Waals surface area (Å²) in [7, 11) is 0. The number of carbonyl (C=O) groups excluding carboxylic acids is 1. The normalized spacial score (nSPS) is 14.5. The molecule has 7 heteroatoms. The van der Waals surface area contributed by atoms with Crippen LogP contribution in [-0.4, -0.2) is 38.6 Å². The van der Waals surface area contributed by atoms with Crippen LogP contribution in [0.3, 0.4) is 0 Å². The van der Waals surface area contributed by atoms with Crippen molar-refractivity contribution in [2.75, 3.05) is 23.3 Å². The minimum atomic E-state index is -0.00719. The average molecular weight is 441 g/mol. The van der Waals surface area contributed by atoms with Crippen molar-refractivity contribution in [1.82, 2.24) is 19.6 Å². The molecule has 7 nitrogen and oxygen atoms in total. The van der Waals surface area contributed by atoms with Gasteiger partial charge in [0.05, 0.1) is 5.69 Å². The highest BCUT2D eigenvalue weighted by molar-refractivity contribution is 5.94. The van der Waals surface area contributed by atoms with Gasteiger partial charge in [0, 0.05) is 36.3 Å². The summed E-state index contributed by atoms with van der Waals surface area (Å²) in [5.74, 6) is 1.65. The van der Waals surface area contributed by atoms with Gasteiger partial charge in [-0.25, -0.2) is 4.98 Å². The summed E-state index contributed by atoms with van der Waals surface area (Å²) in [4.78, 5) is 24.4. The lowest BCUT2D eigenvalue weighted by molar-refractivity contribution is -0.120. The Morgan fingerprint density at radius 3 is 2.64 bits per heavy atom. The van der Waals surface area contributed by atoms with Gasteiger partial charge in [0.15, 0.2) is 0 Å². The maximum Gasteiger partial charge on any atom is 0.254 e. The Kier molecular flexibility index (Phi) is 5.77. The first-order chi connectivity index (χ1) is 16.1. The molecule has 2 aromatic carbocycles. The van der Waals surface area contributed by atoms with Crippen molar-refractivity contribution in [2.24, 2.45) is 5.92 Å². The predicted octanol–water partition coefficient (Wildman–Crippen LogP) is 4.52. The minimum absolute atomic E-state index is 0.00719. The number of hydrogen-bond acceptors (Lipinski definition) is 5. The third-order valence-corrected chi connectivity index (χ3v) is 6.48. The van der Waals surface area contributed by atoms with Gasteiger partial charge < -0.3 is 10.2 Å². The molecule has 0 saturated carbocycles. The van der Waals surface area contributed by atoms with Gasteiger partial charge >= 0.3 is 0 Å². The number of carbonyl (C=O) groups is 1. The first-order valence-corrected chi connectivity index (χ1v) is 11.5. The van der Waals surface area contributed by atoms with Crippen LogP contribution in [0.2, 0.25) is 0 Å². The van der Waals surface area contributed by atoms with Crippen molar-refractivity contribution in [3.63, 3.8) is 0 Å². The van der Waals surface area contributed by atoms with Gasteiger partial charge in [-0.15, -0.1) is 0 Å². The Morgan fingerprint density at radius 1 is 1.09 bits per heavy atom. The van der Waals surface area contributed by atoms with E-state index in [0.29, 0.717) is 5.78 Å². The molecular weight excluding hydrogens is 412 g/mol. The number of amides is 1. The quantitative estimate of drug-likeness (QED) is 0.494. The second-order valence-electron chi connectivity index (χ2n) is 8.55. The van der Waals surface area contributed by atoms with Gasteiger partial charge in [0.2, 0.25) is 5.91 Å². The average Bonchev–Trinajstić information content (AvgIpc) is 3.34. The molecule has 0 aliphatic carbocycles. The van der Waals surface area contributed by atoms with Crippen LogP contribution in [0.15, 0.2) is 60.9 Å². The van der Waals surface area contributed by atoms with Gasteiger partial charge in [-0.05, 0) is 37.3 Å². The smallest absolute Gasteiger partial charge is 0.254 e. The van der Waals surface area contributed by atoms with Crippen LogP contribution in [-0.2, 0) is 11.2 Å². The molecule has 33 heavy (non-hydrogen) atoms. The van der Waals surface area contributed by atoms with Crippen LogP contribution in [0.25, 0.3) is 17.0 Å². The van der Waals surface area contributed by atoms with E-state index < -0.39 is 0 Å². The largest absolute Gasteiger partial charge is 0.356 e. The zero-order valence-corrected chi connectivity index (χ0v) is 19.0. The maximum atomic E-state index is 13.1. The van der Waals surface area contributed by atoms with E-state index >= 15 is 0 Å². The van der Waals surface area contributed by atoms with Crippen LogP contribution < -0.4 is 10.2 Å². The van der Waals surface area contributed by atoms with Gasteiger partial charge in [-0.2, -0.15) is 14.6 Å². The third kappa shape index (κ3) is 4.18. The number of para-hydroxylation sites is 1. The summed E-state index contributed by atoms with van der Waals surface area (Å²) in [6.45, 7) is 5.72. The van der Waals surface area contributed by atoms with Gasteiger partial charge in [0.25, 0.3) is 5.78 Å². The Morgan fingerprint density at radius 2 is 1.88 bits per heavy atom. The molecule has 3 heterocycles. The molecule has 1 amide bonds. The third-order valence-electron chi connectivity index (χ3n) is 6.48. The molecule has 168 valence electrons. The molecule has 0 radical (unpaired) electrons. The summed E-state index contributed by atoms with van der Waals surface area (Å²) in [5, 5.41) is 7.60. The fraction of sp³-hybridized carbons (Fsp3) is 0.308. The zero-order chi connectivity index (χ0) is 22.8. The van der Waals surface area contributed by atoms with Crippen molar-refractivity contribution < 1.29 is 4.79 Å². The van der Waals surface area contributed by atoms with E-state index in [9.17, 15) is 4.79 Å². The maximum absolute atomic E-state index is 13.1. The minimum Gasteiger partial charge on any atom is -0.356 e. The topological polar surface area (TPSA) is 75.4 Å². The number of nitrogens with one attached hydrogen (secondary N) is 1. The Hall–Kier alpha value is -3.74. The number of anilines is 2. The Labute approximate surface area is 193 Å². The fourth-order valence-electron chi connectivity index (χ4n) is 4.58. The lowest BCUT2D eigenvalue weighted by Gasteiger charge is -2.33. The number of hydrogen-bond donors (Lipinski definition) is 1. The van der Waals surface area contributed by atoms with E-state index in [2.05, 4.69) is 57.3 Å². The molecule has 5 rings (SSSR count). The van der Waals surface area contributed by atoms with E-state index in [1.807, 2.05) is 36.4 Å². The molecule has 0 atom stereocenters. The molecule has 0 bridgehead atoms. The van der Waals surface area contributed by atoms with Crippen LogP contribution in [0, 0.1) is 12.8 Å².